The van der Waals surface area contributed by atoms with E-state index in [0.29, 0.717) is 13.2 Å². The van der Waals surface area contributed by atoms with Gasteiger partial charge < -0.3 is 15.2 Å². The lowest BCUT2D eigenvalue weighted by atomic mass is 10.3. The minimum Gasteiger partial charge on any atom is -0.375 e. The lowest BCUT2D eigenvalue weighted by Gasteiger charge is -2.24. The Labute approximate surface area is 89.6 Å². The molecular weight excluding hydrogens is 202 g/mol. The topological polar surface area (TPSA) is 68.9 Å². The van der Waals surface area contributed by atoms with Gasteiger partial charge in [0.2, 0.25) is 5.79 Å². The van der Waals surface area contributed by atoms with E-state index in [0.717, 1.165) is 0 Å². The summed E-state index contributed by atoms with van der Waals surface area (Å²) in [6.07, 6.45) is 1.49. The van der Waals surface area contributed by atoms with Crippen LogP contribution in [0, 0.1) is 0 Å². The average molecular weight is 219 g/mol. The molecule has 0 aliphatic carbocycles. The van der Waals surface area contributed by atoms with Crippen molar-refractivity contribution in [3.05, 3.63) is 0 Å². The van der Waals surface area contributed by atoms with Gasteiger partial charge in [-0.3, -0.25) is 5.43 Å². The Morgan fingerprint density at radius 1 is 1.50 bits per heavy atom. The monoisotopic (exact) mass is 219 g/mol. The van der Waals surface area contributed by atoms with Gasteiger partial charge in [-0.2, -0.15) is 5.10 Å². The van der Waals surface area contributed by atoms with E-state index in [1.807, 2.05) is 13.8 Å². The molecule has 3 N–H and O–H groups in total. The Morgan fingerprint density at radius 3 is 2.36 bits per heavy atom. The van der Waals surface area contributed by atoms with Crippen LogP contribution in [-0.2, 0) is 9.47 Å². The van der Waals surface area contributed by atoms with Crippen LogP contribution in [-0.4, -0.2) is 30.3 Å². The molecule has 5 nitrogen and oxygen atoms in total. The van der Waals surface area contributed by atoms with Crippen molar-refractivity contribution in [1.29, 1.82) is 0 Å². The standard InChI is InChI=1S/C8H17N3O2S/c1-4-12-8(3,13-5-2)6-10-11-7(9)14/h6H,4-5H2,1-3H3,(H3,9,11,14)/b10-6+. The Hall–Kier alpha value is -0.720. The second kappa shape index (κ2) is 6.69. The number of ether oxygens (including phenoxy) is 2. The van der Waals surface area contributed by atoms with Gasteiger partial charge in [-0.15, -0.1) is 0 Å². The maximum Gasteiger partial charge on any atom is 0.204 e. The number of nitrogens with one attached hydrogen (secondary N) is 1. The number of hydrogen-bond acceptors (Lipinski definition) is 4. The molecule has 0 atom stereocenters. The molecule has 0 aromatic carbocycles. The molecule has 0 aliphatic heterocycles. The van der Waals surface area contributed by atoms with Gasteiger partial charge in [0, 0.05) is 13.2 Å². The van der Waals surface area contributed by atoms with E-state index >= 15 is 0 Å². The first kappa shape index (κ1) is 13.3. The molecule has 0 saturated carbocycles. The molecule has 0 amide bonds. The van der Waals surface area contributed by atoms with Gasteiger partial charge >= 0.3 is 0 Å². The smallest absolute Gasteiger partial charge is 0.204 e. The fourth-order valence-corrected chi connectivity index (χ4v) is 0.955. The molecule has 0 heterocycles. The number of nitrogens with zero attached hydrogens (tertiary/aromatic N) is 1. The van der Waals surface area contributed by atoms with E-state index in [1.165, 1.54) is 6.21 Å². The molecule has 82 valence electrons. The molecule has 0 aromatic rings. The Bertz CT molecular complexity index is 203. The molecular formula is C8H17N3O2S. The molecule has 0 spiro atoms. The summed E-state index contributed by atoms with van der Waals surface area (Å²) < 4.78 is 10.7. The third-order valence-electron chi connectivity index (χ3n) is 1.34. The van der Waals surface area contributed by atoms with E-state index in [2.05, 4.69) is 22.7 Å². The van der Waals surface area contributed by atoms with Crippen LogP contribution in [0.5, 0.6) is 0 Å². The van der Waals surface area contributed by atoms with Crippen molar-refractivity contribution in [2.24, 2.45) is 10.8 Å². The maximum atomic E-state index is 5.36. The fraction of sp³-hybridized carbons (Fsp3) is 0.750. The fourth-order valence-electron chi connectivity index (χ4n) is 0.903. The van der Waals surface area contributed by atoms with Gasteiger partial charge in [-0.1, -0.05) is 0 Å². The summed E-state index contributed by atoms with van der Waals surface area (Å²) in [5.74, 6) is -0.832. The van der Waals surface area contributed by atoms with Crippen molar-refractivity contribution in [3.8, 4) is 0 Å². The zero-order valence-electron chi connectivity index (χ0n) is 8.74. The summed E-state index contributed by atoms with van der Waals surface area (Å²) in [6, 6.07) is 0. The van der Waals surface area contributed by atoms with E-state index in [4.69, 9.17) is 15.2 Å². The third-order valence-corrected chi connectivity index (χ3v) is 1.43. The highest BCUT2D eigenvalue weighted by Gasteiger charge is 2.21. The lowest BCUT2D eigenvalue weighted by molar-refractivity contribution is -0.167. The maximum absolute atomic E-state index is 5.36. The quantitative estimate of drug-likeness (QED) is 0.296. The highest BCUT2D eigenvalue weighted by atomic mass is 32.1. The van der Waals surface area contributed by atoms with Gasteiger partial charge in [0.1, 0.15) is 0 Å². The van der Waals surface area contributed by atoms with Crippen molar-refractivity contribution in [1.82, 2.24) is 5.43 Å². The molecule has 0 unspecified atom stereocenters. The zero-order chi connectivity index (χ0) is 11.0. The Balaban J connectivity index is 4.19. The van der Waals surface area contributed by atoms with Crippen LogP contribution < -0.4 is 11.2 Å². The second-order valence-electron chi connectivity index (χ2n) is 2.62. The molecule has 0 bridgehead atoms. The highest BCUT2D eigenvalue weighted by Crippen LogP contribution is 2.08. The minimum atomic E-state index is -0.832. The summed E-state index contributed by atoms with van der Waals surface area (Å²) in [6.45, 7) is 6.61. The predicted molar refractivity (Wildman–Crippen MR) is 60.1 cm³/mol. The average Bonchev–Trinajstić information content (AvgIpc) is 2.03. The van der Waals surface area contributed by atoms with Crippen LogP contribution in [0.3, 0.4) is 0 Å². The van der Waals surface area contributed by atoms with Crippen molar-refractivity contribution < 1.29 is 9.47 Å². The molecule has 0 rings (SSSR count). The molecule has 6 heteroatoms. The summed E-state index contributed by atoms with van der Waals surface area (Å²) >= 11 is 4.58. The van der Waals surface area contributed by atoms with Crippen LogP contribution in [0.1, 0.15) is 20.8 Å². The molecule has 0 radical (unpaired) electrons. The first-order valence-corrected chi connectivity index (χ1v) is 4.82. The third kappa shape index (κ3) is 5.85. The Kier molecular flexibility index (Phi) is 6.35. The van der Waals surface area contributed by atoms with Crippen LogP contribution >= 0.6 is 12.2 Å². The lowest BCUT2D eigenvalue weighted by Crippen LogP contribution is -2.36. The molecule has 0 aromatic heterocycles. The number of hydrogen-bond donors (Lipinski definition) is 2. The van der Waals surface area contributed by atoms with Crippen molar-refractivity contribution in [2.75, 3.05) is 13.2 Å². The number of nitrogens with two attached hydrogens (primary N) is 1. The van der Waals surface area contributed by atoms with E-state index in [-0.39, 0.29) is 5.11 Å². The minimum absolute atomic E-state index is 0.108. The van der Waals surface area contributed by atoms with Gasteiger partial charge in [-0.25, -0.2) is 0 Å². The van der Waals surface area contributed by atoms with Gasteiger partial charge in [-0.05, 0) is 33.0 Å². The first-order valence-electron chi connectivity index (χ1n) is 4.41. The number of rotatable bonds is 6. The molecule has 14 heavy (non-hydrogen) atoms. The van der Waals surface area contributed by atoms with Crippen LogP contribution in [0.4, 0.5) is 0 Å². The summed E-state index contributed by atoms with van der Waals surface area (Å²) in [5.41, 5.74) is 7.63. The normalized spacial score (nSPS) is 11.9. The summed E-state index contributed by atoms with van der Waals surface area (Å²) in [5, 5.41) is 3.90. The van der Waals surface area contributed by atoms with Crippen molar-refractivity contribution in [3.63, 3.8) is 0 Å². The molecule has 0 fully saturated rings. The number of hydrazone groups is 1. The van der Waals surface area contributed by atoms with Gasteiger partial charge in [0.25, 0.3) is 0 Å². The van der Waals surface area contributed by atoms with Crippen LogP contribution in [0.15, 0.2) is 5.10 Å². The summed E-state index contributed by atoms with van der Waals surface area (Å²) in [7, 11) is 0. The molecule has 0 aliphatic rings. The SMILES string of the molecule is CCOC(C)(/C=N/NC(N)=S)OCC. The van der Waals surface area contributed by atoms with Crippen LogP contribution in [0.2, 0.25) is 0 Å². The second-order valence-corrected chi connectivity index (χ2v) is 3.06. The van der Waals surface area contributed by atoms with E-state index < -0.39 is 5.79 Å². The zero-order valence-corrected chi connectivity index (χ0v) is 9.56. The Morgan fingerprint density at radius 2 is 2.00 bits per heavy atom. The van der Waals surface area contributed by atoms with Crippen molar-refractivity contribution in [2.45, 2.75) is 26.6 Å². The van der Waals surface area contributed by atoms with Crippen molar-refractivity contribution >= 4 is 23.5 Å². The largest absolute Gasteiger partial charge is 0.375 e. The first-order chi connectivity index (χ1) is 6.54. The van der Waals surface area contributed by atoms with Crippen LogP contribution in [0.25, 0.3) is 0 Å². The number of thiocarbonyl (C=S) groups is 1. The summed E-state index contributed by atoms with van der Waals surface area (Å²) in [4.78, 5) is 0. The van der Waals surface area contributed by atoms with Gasteiger partial charge in [0.05, 0.1) is 6.21 Å². The predicted octanol–water partition coefficient (Wildman–Crippen LogP) is 0.595. The highest BCUT2D eigenvalue weighted by molar-refractivity contribution is 7.80. The van der Waals surface area contributed by atoms with Gasteiger partial charge in [0.15, 0.2) is 5.11 Å². The molecule has 0 saturated heterocycles. The van der Waals surface area contributed by atoms with E-state index in [1.54, 1.807) is 6.92 Å². The van der Waals surface area contributed by atoms with E-state index in [9.17, 15) is 0 Å².